The van der Waals surface area contributed by atoms with Gasteiger partial charge in [0.2, 0.25) is 0 Å². The van der Waals surface area contributed by atoms with Crippen LogP contribution in [0.1, 0.15) is 6.42 Å². The van der Waals surface area contributed by atoms with E-state index < -0.39 is 11.6 Å². The predicted octanol–water partition coefficient (Wildman–Crippen LogP) is 4.53. The zero-order valence-electron chi connectivity index (χ0n) is 17.8. The molecule has 0 radical (unpaired) electrons. The van der Waals surface area contributed by atoms with Gasteiger partial charge in [0.15, 0.2) is 11.6 Å². The van der Waals surface area contributed by atoms with Crippen LogP contribution in [0, 0.1) is 11.6 Å². The Balaban J connectivity index is 1.45. The van der Waals surface area contributed by atoms with Gasteiger partial charge in [0.1, 0.15) is 10.5 Å². The second kappa shape index (κ2) is 8.11. The number of likely N-dealkylation sites (N-methyl/N-ethyl adjacent to an activating group) is 1. The van der Waals surface area contributed by atoms with Crippen LogP contribution in [0.25, 0.3) is 26.2 Å². The van der Waals surface area contributed by atoms with Gasteiger partial charge in [-0.05, 0) is 62.5 Å². The minimum Gasteiger partial charge on any atom is -0.355 e. The van der Waals surface area contributed by atoms with E-state index in [4.69, 9.17) is 0 Å². The number of benzene rings is 1. The third-order valence-electron chi connectivity index (χ3n) is 6.01. The van der Waals surface area contributed by atoms with Crippen LogP contribution in [-0.4, -0.2) is 47.7 Å². The summed E-state index contributed by atoms with van der Waals surface area (Å²) in [5.74, 6) is -0.887. The van der Waals surface area contributed by atoms with Gasteiger partial charge in [-0.1, -0.05) is 6.07 Å². The Morgan fingerprint density at radius 1 is 1.09 bits per heavy atom. The molecule has 1 atom stereocenters. The molecule has 3 aromatic heterocycles. The van der Waals surface area contributed by atoms with E-state index in [0.717, 1.165) is 42.8 Å². The summed E-state index contributed by atoms with van der Waals surface area (Å²) in [4.78, 5) is 23.0. The first-order chi connectivity index (χ1) is 15.4. The SMILES string of the molecule is CN(C)[C@@H]1CCN(c2ccc(-n3ccc4cc(-c5ccc(F)c(F)c5)sc4c3=O)cn2)C1. The van der Waals surface area contributed by atoms with Crippen LogP contribution < -0.4 is 10.5 Å². The van der Waals surface area contributed by atoms with Crippen molar-refractivity contribution in [2.75, 3.05) is 32.1 Å². The Hall–Kier alpha value is -3.10. The zero-order chi connectivity index (χ0) is 22.4. The molecule has 4 aromatic rings. The lowest BCUT2D eigenvalue weighted by molar-refractivity contribution is 0.315. The summed E-state index contributed by atoms with van der Waals surface area (Å²) in [5.41, 5.74) is 1.07. The predicted molar refractivity (Wildman–Crippen MR) is 125 cm³/mol. The summed E-state index contributed by atoms with van der Waals surface area (Å²) in [5, 5.41) is 0.771. The first-order valence-electron chi connectivity index (χ1n) is 10.4. The molecule has 5 rings (SSSR count). The average molecular weight is 453 g/mol. The maximum absolute atomic E-state index is 13.6. The van der Waals surface area contributed by atoms with Gasteiger partial charge in [-0.15, -0.1) is 11.3 Å². The molecule has 0 spiro atoms. The van der Waals surface area contributed by atoms with Gasteiger partial charge < -0.3 is 9.80 Å². The van der Waals surface area contributed by atoms with Crippen LogP contribution in [-0.2, 0) is 0 Å². The highest BCUT2D eigenvalue weighted by Crippen LogP contribution is 2.32. The number of nitrogens with zero attached hydrogens (tertiary/aromatic N) is 4. The third kappa shape index (κ3) is 3.69. The molecule has 0 amide bonds. The van der Waals surface area contributed by atoms with E-state index in [2.05, 4.69) is 28.9 Å². The largest absolute Gasteiger partial charge is 0.355 e. The van der Waals surface area contributed by atoms with E-state index in [0.29, 0.717) is 26.9 Å². The molecule has 8 heteroatoms. The van der Waals surface area contributed by atoms with E-state index in [1.807, 2.05) is 24.3 Å². The van der Waals surface area contributed by atoms with Gasteiger partial charge in [-0.2, -0.15) is 0 Å². The number of aromatic nitrogens is 2. The van der Waals surface area contributed by atoms with Crippen LogP contribution in [0.15, 0.2) is 59.7 Å². The molecule has 0 aliphatic carbocycles. The van der Waals surface area contributed by atoms with Gasteiger partial charge in [-0.25, -0.2) is 13.8 Å². The number of anilines is 1. The van der Waals surface area contributed by atoms with Crippen molar-refractivity contribution in [3.8, 4) is 16.1 Å². The van der Waals surface area contributed by atoms with Crippen LogP contribution >= 0.6 is 11.3 Å². The second-order valence-electron chi connectivity index (χ2n) is 8.24. The molecule has 0 bridgehead atoms. The molecule has 1 saturated heterocycles. The minimum absolute atomic E-state index is 0.162. The quantitative estimate of drug-likeness (QED) is 0.456. The molecular weight excluding hydrogens is 430 g/mol. The van der Waals surface area contributed by atoms with Crippen molar-refractivity contribution in [1.29, 1.82) is 0 Å². The van der Waals surface area contributed by atoms with Crippen molar-refractivity contribution in [2.24, 2.45) is 0 Å². The van der Waals surface area contributed by atoms with E-state index in [9.17, 15) is 13.6 Å². The fraction of sp³-hybridized carbons (Fsp3) is 0.250. The number of rotatable bonds is 4. The minimum atomic E-state index is -0.904. The molecule has 0 unspecified atom stereocenters. The highest BCUT2D eigenvalue weighted by atomic mass is 32.1. The summed E-state index contributed by atoms with van der Waals surface area (Å²) >= 11 is 1.27. The third-order valence-corrected chi connectivity index (χ3v) is 7.20. The Labute approximate surface area is 188 Å². The highest BCUT2D eigenvalue weighted by molar-refractivity contribution is 7.22. The van der Waals surface area contributed by atoms with E-state index in [-0.39, 0.29) is 5.56 Å². The maximum atomic E-state index is 13.6. The number of hydrogen-bond acceptors (Lipinski definition) is 5. The molecule has 1 aliphatic rings. The topological polar surface area (TPSA) is 41.4 Å². The average Bonchev–Trinajstić information content (AvgIpc) is 3.44. The van der Waals surface area contributed by atoms with E-state index in [1.54, 1.807) is 17.0 Å². The summed E-state index contributed by atoms with van der Waals surface area (Å²) in [6.45, 7) is 1.90. The molecule has 1 aliphatic heterocycles. The van der Waals surface area contributed by atoms with Gasteiger partial charge >= 0.3 is 0 Å². The molecule has 0 N–H and O–H groups in total. The number of pyridine rings is 2. The standard InChI is InChI=1S/C24H22F2N4OS/c1-28(2)18-8-9-29(14-18)22-6-4-17(13-27-22)30-10-7-16-12-21(32-23(16)24(30)31)15-3-5-19(25)20(26)11-15/h3-7,10-13,18H,8-9,14H2,1-2H3/t18-/m1/s1. The maximum Gasteiger partial charge on any atom is 0.273 e. The molecule has 1 fully saturated rings. The molecule has 0 saturated carbocycles. The summed E-state index contributed by atoms with van der Waals surface area (Å²) in [6.07, 6.45) is 4.54. The fourth-order valence-corrected chi connectivity index (χ4v) is 5.18. The van der Waals surface area contributed by atoms with Gasteiger partial charge in [-0.3, -0.25) is 9.36 Å². The van der Waals surface area contributed by atoms with Gasteiger partial charge in [0.05, 0.1) is 11.9 Å². The first kappa shape index (κ1) is 20.8. The fourth-order valence-electron chi connectivity index (χ4n) is 4.10. The summed E-state index contributed by atoms with van der Waals surface area (Å²) in [6, 6.07) is 11.8. The number of halogens is 2. The van der Waals surface area contributed by atoms with E-state index in [1.165, 1.54) is 17.4 Å². The monoisotopic (exact) mass is 452 g/mol. The Morgan fingerprint density at radius 3 is 2.62 bits per heavy atom. The number of hydrogen-bond donors (Lipinski definition) is 0. The molecule has 164 valence electrons. The second-order valence-corrected chi connectivity index (χ2v) is 9.29. The van der Waals surface area contributed by atoms with Gasteiger partial charge in [0.25, 0.3) is 5.56 Å². The lowest BCUT2D eigenvalue weighted by Crippen LogP contribution is -2.31. The van der Waals surface area contributed by atoms with Crippen molar-refractivity contribution in [1.82, 2.24) is 14.5 Å². The normalized spacial score (nSPS) is 16.4. The smallest absolute Gasteiger partial charge is 0.273 e. The van der Waals surface area contributed by atoms with Crippen molar-refractivity contribution < 1.29 is 8.78 Å². The highest BCUT2D eigenvalue weighted by Gasteiger charge is 2.24. The van der Waals surface area contributed by atoms with Crippen LogP contribution in [0.3, 0.4) is 0 Å². The van der Waals surface area contributed by atoms with E-state index >= 15 is 0 Å². The molecule has 5 nitrogen and oxygen atoms in total. The summed E-state index contributed by atoms with van der Waals surface area (Å²) in [7, 11) is 4.19. The molecule has 4 heterocycles. The van der Waals surface area contributed by atoms with Crippen molar-refractivity contribution >= 4 is 27.2 Å². The van der Waals surface area contributed by atoms with Crippen LogP contribution in [0.2, 0.25) is 0 Å². The molecular formula is C24H22F2N4OS. The lowest BCUT2D eigenvalue weighted by Gasteiger charge is -2.21. The molecule has 1 aromatic carbocycles. The number of thiophene rings is 1. The Bertz CT molecular complexity index is 1350. The van der Waals surface area contributed by atoms with Crippen molar-refractivity contribution in [3.05, 3.63) is 76.8 Å². The van der Waals surface area contributed by atoms with Gasteiger partial charge in [0, 0.05) is 35.6 Å². The Kier molecular flexibility index (Phi) is 5.27. The number of fused-ring (bicyclic) bond motifs is 1. The first-order valence-corrected chi connectivity index (χ1v) is 11.2. The van der Waals surface area contributed by atoms with Crippen molar-refractivity contribution in [3.63, 3.8) is 0 Å². The zero-order valence-corrected chi connectivity index (χ0v) is 18.6. The lowest BCUT2D eigenvalue weighted by atomic mass is 10.1. The van der Waals surface area contributed by atoms with Crippen LogP contribution in [0.5, 0.6) is 0 Å². The summed E-state index contributed by atoms with van der Waals surface area (Å²) < 4.78 is 29.0. The van der Waals surface area contributed by atoms with Crippen molar-refractivity contribution in [2.45, 2.75) is 12.5 Å². The molecule has 32 heavy (non-hydrogen) atoms. The Morgan fingerprint density at radius 2 is 1.94 bits per heavy atom. The van der Waals surface area contributed by atoms with Crippen LogP contribution in [0.4, 0.5) is 14.6 Å².